The average molecular weight is 376 g/mol. The van der Waals surface area contributed by atoms with Crippen LogP contribution >= 0.6 is 0 Å². The molecule has 144 valence electrons. The smallest absolute Gasteiger partial charge is 0.349 e. The van der Waals surface area contributed by atoms with Crippen LogP contribution in [0.4, 0.5) is 0 Å². The fraction of sp³-hybridized carbons (Fsp3) is 0.412. The van der Waals surface area contributed by atoms with E-state index in [4.69, 9.17) is 5.11 Å². The van der Waals surface area contributed by atoms with Gasteiger partial charge in [0.2, 0.25) is 0 Å². The Kier molecular flexibility index (Phi) is 5.07. The van der Waals surface area contributed by atoms with E-state index in [1.165, 1.54) is 4.57 Å². The summed E-state index contributed by atoms with van der Waals surface area (Å²) in [4.78, 5) is 34.0. The molecule has 0 saturated heterocycles. The highest BCUT2D eigenvalue weighted by molar-refractivity contribution is 5.81. The SMILES string of the molecule is Cc1cc2nc3c(=O)[nH]c(=O)nc-3n(C[C@H](O)[C@@H](O)[C@H](O)CO)c2cc1C. The van der Waals surface area contributed by atoms with Gasteiger partial charge in [-0.15, -0.1) is 0 Å². The molecule has 0 aliphatic carbocycles. The van der Waals surface area contributed by atoms with E-state index in [9.17, 15) is 24.9 Å². The number of rotatable bonds is 5. The molecule has 2 heterocycles. The first-order valence-corrected chi connectivity index (χ1v) is 8.29. The Morgan fingerprint density at radius 3 is 2.41 bits per heavy atom. The molecule has 1 aromatic rings. The van der Waals surface area contributed by atoms with Gasteiger partial charge < -0.3 is 25.0 Å². The molecule has 10 heteroatoms. The van der Waals surface area contributed by atoms with Gasteiger partial charge in [0, 0.05) is 0 Å². The highest BCUT2D eigenvalue weighted by Crippen LogP contribution is 2.24. The molecule has 0 aromatic heterocycles. The predicted molar refractivity (Wildman–Crippen MR) is 95.6 cm³/mol. The van der Waals surface area contributed by atoms with E-state index in [0.717, 1.165) is 11.1 Å². The molecule has 0 fully saturated rings. The molecular formula is C17H20N4O6. The van der Waals surface area contributed by atoms with Gasteiger partial charge in [-0.1, -0.05) is 0 Å². The number of aryl methyl sites for hydroxylation is 2. The third kappa shape index (κ3) is 3.47. The molecule has 0 radical (unpaired) electrons. The van der Waals surface area contributed by atoms with Crippen molar-refractivity contribution in [3.63, 3.8) is 0 Å². The van der Waals surface area contributed by atoms with E-state index in [-0.39, 0.29) is 18.1 Å². The van der Waals surface area contributed by atoms with Crippen LogP contribution in [-0.4, -0.2) is 64.9 Å². The van der Waals surface area contributed by atoms with Gasteiger partial charge in [-0.05, 0) is 37.1 Å². The van der Waals surface area contributed by atoms with Crippen molar-refractivity contribution in [3.8, 4) is 11.5 Å². The summed E-state index contributed by atoms with van der Waals surface area (Å²) in [6.07, 6.45) is -4.68. The molecule has 10 nitrogen and oxygen atoms in total. The highest BCUT2D eigenvalue weighted by Gasteiger charge is 2.27. The maximum atomic E-state index is 12.2. The van der Waals surface area contributed by atoms with Crippen LogP contribution in [0.15, 0.2) is 21.7 Å². The summed E-state index contributed by atoms with van der Waals surface area (Å²) < 4.78 is 1.40. The molecular weight excluding hydrogens is 356 g/mol. The molecule has 3 rings (SSSR count). The van der Waals surface area contributed by atoms with Crippen LogP contribution in [0, 0.1) is 13.8 Å². The Hall–Kier alpha value is -2.66. The molecule has 27 heavy (non-hydrogen) atoms. The van der Waals surface area contributed by atoms with E-state index in [1.807, 2.05) is 13.8 Å². The van der Waals surface area contributed by atoms with Gasteiger partial charge in [0.1, 0.15) is 18.3 Å². The van der Waals surface area contributed by atoms with Gasteiger partial charge in [-0.3, -0.25) is 9.78 Å². The number of hydrogen-bond acceptors (Lipinski definition) is 8. The van der Waals surface area contributed by atoms with Crippen LogP contribution in [-0.2, 0) is 6.54 Å². The minimum atomic E-state index is -1.64. The molecule has 3 atom stereocenters. The molecule has 0 amide bonds. The normalized spacial score (nSPS) is 15.2. The third-order valence-corrected chi connectivity index (χ3v) is 4.57. The van der Waals surface area contributed by atoms with E-state index in [0.29, 0.717) is 11.0 Å². The van der Waals surface area contributed by atoms with Crippen molar-refractivity contribution in [1.29, 1.82) is 0 Å². The molecule has 1 aromatic carbocycles. The van der Waals surface area contributed by atoms with Crippen LogP contribution < -0.4 is 11.2 Å². The molecule has 0 spiro atoms. The number of benzene rings is 1. The standard InChI is InChI=1S/C17H20N4O6/c1-7-3-9-10(4-8(7)2)21(5-11(23)14(25)12(24)6-22)15-13(18-9)16(26)20-17(27)19-15/h3-4,11-12,14,22-25H,5-6H2,1-2H3,(H,20,26,27)/t11-,12+,14+/m0/s1. The lowest BCUT2D eigenvalue weighted by Crippen LogP contribution is -2.42. The van der Waals surface area contributed by atoms with Crippen LogP contribution in [0.2, 0.25) is 0 Å². The summed E-state index contributed by atoms with van der Waals surface area (Å²) in [5, 5.41) is 38.8. The largest absolute Gasteiger partial charge is 0.394 e. The lowest BCUT2D eigenvalue weighted by atomic mass is 10.1. The number of nitrogens with zero attached hydrogens (tertiary/aromatic N) is 3. The lowest BCUT2D eigenvalue weighted by Gasteiger charge is -2.25. The molecule has 0 unspecified atom stereocenters. The van der Waals surface area contributed by atoms with Crippen LogP contribution in [0.3, 0.4) is 0 Å². The number of hydrogen-bond donors (Lipinski definition) is 5. The molecule has 2 aliphatic rings. The highest BCUT2D eigenvalue weighted by atomic mass is 16.4. The minimum absolute atomic E-state index is 0.0516. The minimum Gasteiger partial charge on any atom is -0.394 e. The van der Waals surface area contributed by atoms with Gasteiger partial charge in [-0.2, -0.15) is 4.98 Å². The molecule has 5 N–H and O–H groups in total. The quantitative estimate of drug-likeness (QED) is 0.328. The first-order valence-electron chi connectivity index (χ1n) is 8.29. The van der Waals surface area contributed by atoms with Gasteiger partial charge in [0.05, 0.1) is 24.2 Å². The second kappa shape index (κ2) is 7.16. The summed E-state index contributed by atoms with van der Waals surface area (Å²) in [6.45, 7) is 2.73. The zero-order chi connectivity index (χ0) is 19.9. The van der Waals surface area contributed by atoms with Gasteiger partial charge >= 0.3 is 5.69 Å². The van der Waals surface area contributed by atoms with Gasteiger partial charge in [0.25, 0.3) is 5.56 Å². The molecule has 0 saturated carbocycles. The van der Waals surface area contributed by atoms with Crippen LogP contribution in [0.25, 0.3) is 22.6 Å². The van der Waals surface area contributed by atoms with E-state index in [1.54, 1.807) is 12.1 Å². The zero-order valence-corrected chi connectivity index (χ0v) is 14.7. The van der Waals surface area contributed by atoms with Crippen molar-refractivity contribution in [1.82, 2.24) is 19.5 Å². The number of aliphatic hydroxyl groups is 4. The summed E-state index contributed by atoms with van der Waals surface area (Å²) in [5.74, 6) is -0.0516. The van der Waals surface area contributed by atoms with Crippen LogP contribution in [0.1, 0.15) is 11.1 Å². The molecule has 2 aliphatic heterocycles. The second-order valence-electron chi connectivity index (χ2n) is 6.50. The summed E-state index contributed by atoms with van der Waals surface area (Å²) in [5.41, 5.74) is 1.11. The first-order chi connectivity index (χ1) is 12.7. The Morgan fingerprint density at radius 2 is 1.74 bits per heavy atom. The fourth-order valence-electron chi connectivity index (χ4n) is 2.89. The number of aromatic amines is 1. The van der Waals surface area contributed by atoms with Crippen molar-refractivity contribution in [3.05, 3.63) is 44.1 Å². The van der Waals surface area contributed by atoms with Gasteiger partial charge in [-0.25, -0.2) is 9.78 Å². The second-order valence-corrected chi connectivity index (χ2v) is 6.50. The van der Waals surface area contributed by atoms with Crippen molar-refractivity contribution < 1.29 is 20.4 Å². The average Bonchev–Trinajstić information content (AvgIpc) is 2.62. The summed E-state index contributed by atoms with van der Waals surface area (Å²) >= 11 is 0. The maximum Gasteiger partial charge on any atom is 0.349 e. The topological polar surface area (TPSA) is 162 Å². The monoisotopic (exact) mass is 376 g/mol. The van der Waals surface area contributed by atoms with Crippen molar-refractivity contribution in [2.75, 3.05) is 6.61 Å². The Labute approximate surface area is 152 Å². The van der Waals surface area contributed by atoms with E-state index in [2.05, 4.69) is 15.0 Å². The lowest BCUT2D eigenvalue weighted by molar-refractivity contribution is -0.0802. The number of fused-ring (bicyclic) bond motifs is 2. The Balaban J connectivity index is 2.28. The first kappa shape index (κ1) is 19.1. The van der Waals surface area contributed by atoms with Crippen molar-refractivity contribution in [2.24, 2.45) is 0 Å². The number of nitrogens with one attached hydrogen (secondary N) is 1. The van der Waals surface area contributed by atoms with E-state index >= 15 is 0 Å². The number of H-pyrrole nitrogens is 1. The van der Waals surface area contributed by atoms with Crippen LogP contribution in [0.5, 0.6) is 0 Å². The van der Waals surface area contributed by atoms with Crippen molar-refractivity contribution >= 4 is 11.0 Å². The molecule has 0 bridgehead atoms. The third-order valence-electron chi connectivity index (χ3n) is 4.57. The van der Waals surface area contributed by atoms with Crippen molar-refractivity contribution in [2.45, 2.75) is 38.7 Å². The predicted octanol–water partition coefficient (Wildman–Crippen LogP) is -1.72. The van der Waals surface area contributed by atoms with E-state index < -0.39 is 36.2 Å². The summed E-state index contributed by atoms with van der Waals surface area (Å²) in [7, 11) is 0. The maximum absolute atomic E-state index is 12.2. The Bertz CT molecular complexity index is 1080. The summed E-state index contributed by atoms with van der Waals surface area (Å²) in [6, 6.07) is 3.53. The Morgan fingerprint density at radius 1 is 1.07 bits per heavy atom. The van der Waals surface area contributed by atoms with Gasteiger partial charge in [0.15, 0.2) is 11.5 Å². The zero-order valence-electron chi connectivity index (χ0n) is 14.7. The number of aromatic nitrogens is 4. The fourth-order valence-corrected chi connectivity index (χ4v) is 2.89. The number of aliphatic hydroxyl groups excluding tert-OH is 4.